The molecule has 3 rings (SSSR count). The Hall–Kier alpha value is -1.93. The van der Waals surface area contributed by atoms with Crippen LogP contribution in [0.2, 0.25) is 0 Å². The fourth-order valence-corrected chi connectivity index (χ4v) is 2.79. The highest BCUT2D eigenvalue weighted by Gasteiger charge is 2.37. The summed E-state index contributed by atoms with van der Waals surface area (Å²) in [5.74, 6) is -0.911. The van der Waals surface area contributed by atoms with Crippen LogP contribution in [0.25, 0.3) is 11.0 Å². The molecule has 2 heterocycles. The second kappa shape index (κ2) is 5.12. The number of alkyl halides is 3. The van der Waals surface area contributed by atoms with Crippen molar-refractivity contribution in [2.75, 3.05) is 0 Å². The highest BCUT2D eigenvalue weighted by Crippen LogP contribution is 2.32. The molecule has 21 heavy (non-hydrogen) atoms. The molecule has 0 bridgehead atoms. The van der Waals surface area contributed by atoms with E-state index < -0.39 is 12.0 Å². The molecular formula is C13H11F3N4S. The van der Waals surface area contributed by atoms with Crippen molar-refractivity contribution in [1.29, 1.82) is 0 Å². The third-order valence-corrected chi connectivity index (χ3v) is 3.92. The van der Waals surface area contributed by atoms with E-state index in [1.807, 2.05) is 0 Å². The summed E-state index contributed by atoms with van der Waals surface area (Å²) >= 11 is 1.34. The van der Waals surface area contributed by atoms with Crippen LogP contribution in [-0.4, -0.2) is 14.5 Å². The molecule has 0 saturated carbocycles. The largest absolute Gasteiger partial charge is 0.449 e. The molecule has 3 aromatic rings. The lowest BCUT2D eigenvalue weighted by Crippen LogP contribution is -2.15. The zero-order valence-electron chi connectivity index (χ0n) is 10.8. The Morgan fingerprint density at radius 3 is 2.62 bits per heavy atom. The van der Waals surface area contributed by atoms with Gasteiger partial charge in [0.1, 0.15) is 5.01 Å². The standard InChI is InChI=1S/C13H11F3N4S/c14-13(15,16)12-19-9-3-1-2-4-10(9)20(12)6-8-7-21-11(5-17)18-8/h1-4,7H,5-6,17H2. The highest BCUT2D eigenvalue weighted by atomic mass is 32.1. The van der Waals surface area contributed by atoms with Crippen LogP contribution < -0.4 is 5.73 Å². The van der Waals surface area contributed by atoms with Crippen molar-refractivity contribution in [3.8, 4) is 0 Å². The molecule has 0 aliphatic carbocycles. The van der Waals surface area contributed by atoms with Crippen molar-refractivity contribution in [2.24, 2.45) is 5.73 Å². The molecule has 110 valence electrons. The third kappa shape index (κ3) is 2.64. The molecule has 0 atom stereocenters. The number of hydrogen-bond donors (Lipinski definition) is 1. The van der Waals surface area contributed by atoms with Gasteiger partial charge in [-0.2, -0.15) is 13.2 Å². The minimum Gasteiger partial charge on any atom is -0.325 e. The van der Waals surface area contributed by atoms with Crippen molar-refractivity contribution < 1.29 is 13.2 Å². The van der Waals surface area contributed by atoms with E-state index in [1.54, 1.807) is 29.6 Å². The minimum absolute atomic E-state index is 0.0197. The molecular weight excluding hydrogens is 301 g/mol. The first kappa shape index (κ1) is 14.0. The summed E-state index contributed by atoms with van der Waals surface area (Å²) < 4.78 is 40.6. The Morgan fingerprint density at radius 2 is 1.95 bits per heavy atom. The van der Waals surface area contributed by atoms with Gasteiger partial charge in [-0.25, -0.2) is 9.97 Å². The van der Waals surface area contributed by atoms with E-state index in [-0.39, 0.29) is 13.1 Å². The molecule has 0 radical (unpaired) electrons. The van der Waals surface area contributed by atoms with Crippen molar-refractivity contribution >= 4 is 22.4 Å². The predicted octanol–water partition coefficient (Wildman–Crippen LogP) is 3.02. The van der Waals surface area contributed by atoms with Gasteiger partial charge in [0.15, 0.2) is 0 Å². The van der Waals surface area contributed by atoms with Gasteiger partial charge in [0.05, 0.1) is 23.3 Å². The monoisotopic (exact) mass is 312 g/mol. The lowest BCUT2D eigenvalue weighted by molar-refractivity contribution is -0.146. The zero-order chi connectivity index (χ0) is 15.0. The molecule has 0 unspecified atom stereocenters. The van der Waals surface area contributed by atoms with Gasteiger partial charge in [-0.15, -0.1) is 11.3 Å². The summed E-state index contributed by atoms with van der Waals surface area (Å²) in [7, 11) is 0. The lowest BCUT2D eigenvalue weighted by Gasteiger charge is -2.10. The van der Waals surface area contributed by atoms with Gasteiger partial charge in [-0.1, -0.05) is 12.1 Å². The average molecular weight is 312 g/mol. The molecule has 2 aromatic heterocycles. The van der Waals surface area contributed by atoms with Crippen LogP contribution in [0.4, 0.5) is 13.2 Å². The van der Waals surface area contributed by atoms with Crippen LogP contribution >= 0.6 is 11.3 Å². The number of fused-ring (bicyclic) bond motifs is 1. The number of rotatable bonds is 3. The van der Waals surface area contributed by atoms with Crippen LogP contribution in [0.15, 0.2) is 29.6 Å². The normalized spacial score (nSPS) is 12.2. The molecule has 1 aromatic carbocycles. The van der Waals surface area contributed by atoms with Crippen LogP contribution in [0.5, 0.6) is 0 Å². The van der Waals surface area contributed by atoms with Gasteiger partial charge < -0.3 is 10.3 Å². The Balaban J connectivity index is 2.10. The van der Waals surface area contributed by atoms with Crippen LogP contribution in [0.1, 0.15) is 16.5 Å². The van der Waals surface area contributed by atoms with E-state index in [1.165, 1.54) is 11.3 Å². The van der Waals surface area contributed by atoms with Crippen molar-refractivity contribution in [1.82, 2.24) is 14.5 Å². The van der Waals surface area contributed by atoms with Crippen LogP contribution in [0.3, 0.4) is 0 Å². The van der Waals surface area contributed by atoms with Crippen molar-refractivity contribution in [2.45, 2.75) is 19.3 Å². The topological polar surface area (TPSA) is 56.7 Å². The second-order valence-electron chi connectivity index (χ2n) is 4.44. The predicted molar refractivity (Wildman–Crippen MR) is 73.8 cm³/mol. The first-order chi connectivity index (χ1) is 9.99. The lowest BCUT2D eigenvalue weighted by atomic mass is 10.3. The Morgan fingerprint density at radius 1 is 1.19 bits per heavy atom. The first-order valence-electron chi connectivity index (χ1n) is 6.15. The number of imidazole rings is 1. The molecule has 0 fully saturated rings. The average Bonchev–Trinajstić information content (AvgIpc) is 3.04. The van der Waals surface area contributed by atoms with Gasteiger partial charge in [-0.3, -0.25) is 0 Å². The van der Waals surface area contributed by atoms with E-state index in [9.17, 15) is 13.2 Å². The van der Waals surface area contributed by atoms with E-state index in [0.29, 0.717) is 21.7 Å². The maximum atomic E-state index is 13.1. The molecule has 4 nitrogen and oxygen atoms in total. The van der Waals surface area contributed by atoms with E-state index in [4.69, 9.17) is 5.73 Å². The molecule has 0 amide bonds. The summed E-state index contributed by atoms with van der Waals surface area (Å²) in [6.07, 6.45) is -4.51. The zero-order valence-corrected chi connectivity index (χ0v) is 11.6. The van der Waals surface area contributed by atoms with Gasteiger partial charge >= 0.3 is 6.18 Å². The number of hydrogen-bond acceptors (Lipinski definition) is 4. The third-order valence-electron chi connectivity index (χ3n) is 3.00. The van der Waals surface area contributed by atoms with E-state index in [2.05, 4.69) is 9.97 Å². The summed E-state index contributed by atoms with van der Waals surface area (Å²) in [4.78, 5) is 7.91. The fourth-order valence-electron chi connectivity index (χ4n) is 2.13. The number of nitrogens with zero attached hydrogens (tertiary/aromatic N) is 3. The number of aromatic nitrogens is 3. The second-order valence-corrected chi connectivity index (χ2v) is 5.39. The molecule has 8 heteroatoms. The van der Waals surface area contributed by atoms with Gasteiger partial charge in [0, 0.05) is 11.9 Å². The molecule has 0 aliphatic rings. The molecule has 0 spiro atoms. The molecule has 0 aliphatic heterocycles. The number of thiazole rings is 1. The number of benzene rings is 1. The molecule has 2 N–H and O–H groups in total. The summed E-state index contributed by atoms with van der Waals surface area (Å²) in [6, 6.07) is 6.53. The Labute approximate surface area is 122 Å². The van der Waals surface area contributed by atoms with E-state index >= 15 is 0 Å². The fraction of sp³-hybridized carbons (Fsp3) is 0.231. The van der Waals surface area contributed by atoms with E-state index in [0.717, 1.165) is 4.57 Å². The number of halogens is 3. The summed E-state index contributed by atoms with van der Waals surface area (Å²) in [5, 5.41) is 2.42. The van der Waals surface area contributed by atoms with Crippen LogP contribution in [0, 0.1) is 0 Å². The van der Waals surface area contributed by atoms with Gasteiger partial charge in [-0.05, 0) is 12.1 Å². The van der Waals surface area contributed by atoms with Gasteiger partial charge in [0.2, 0.25) is 5.82 Å². The van der Waals surface area contributed by atoms with Crippen molar-refractivity contribution in [3.05, 3.63) is 46.2 Å². The Bertz CT molecular complexity index is 775. The smallest absolute Gasteiger partial charge is 0.325 e. The maximum absolute atomic E-state index is 13.1. The quantitative estimate of drug-likeness (QED) is 0.809. The summed E-state index contributed by atoms with van der Waals surface area (Å²) in [5.41, 5.74) is 6.78. The van der Waals surface area contributed by atoms with Gasteiger partial charge in [0.25, 0.3) is 0 Å². The Kier molecular flexibility index (Phi) is 3.42. The maximum Gasteiger partial charge on any atom is 0.449 e. The number of nitrogens with two attached hydrogens (primary N) is 1. The highest BCUT2D eigenvalue weighted by molar-refractivity contribution is 7.09. The SMILES string of the molecule is NCc1nc(Cn2c(C(F)(F)F)nc3ccccc32)cs1. The minimum atomic E-state index is -4.51. The van der Waals surface area contributed by atoms with Crippen LogP contribution in [-0.2, 0) is 19.3 Å². The molecule has 0 saturated heterocycles. The first-order valence-corrected chi connectivity index (χ1v) is 7.03. The number of para-hydroxylation sites is 2. The summed E-state index contributed by atoms with van der Waals surface area (Å²) in [6.45, 7) is 0.299. The van der Waals surface area contributed by atoms with Crippen molar-refractivity contribution in [3.63, 3.8) is 0 Å².